The van der Waals surface area contributed by atoms with Gasteiger partial charge >= 0.3 is 5.97 Å². The number of esters is 1. The van der Waals surface area contributed by atoms with E-state index in [1.54, 1.807) is 18.4 Å². The van der Waals surface area contributed by atoms with E-state index in [0.29, 0.717) is 41.7 Å². The summed E-state index contributed by atoms with van der Waals surface area (Å²) in [5.74, 6) is 0.832. The zero-order valence-electron chi connectivity index (χ0n) is 12.5. The van der Waals surface area contributed by atoms with Crippen LogP contribution in [-0.4, -0.2) is 46.3 Å². The molecule has 0 atom stereocenters. The average molecular weight is 277 g/mol. The van der Waals surface area contributed by atoms with E-state index in [4.69, 9.17) is 4.74 Å². The van der Waals surface area contributed by atoms with Crippen LogP contribution in [0.15, 0.2) is 0 Å². The van der Waals surface area contributed by atoms with E-state index >= 15 is 0 Å². The van der Waals surface area contributed by atoms with E-state index in [1.165, 1.54) is 0 Å². The van der Waals surface area contributed by atoms with Gasteiger partial charge in [0, 0.05) is 14.1 Å². The first-order valence-corrected chi connectivity index (χ1v) is 6.60. The van der Waals surface area contributed by atoms with Gasteiger partial charge in [-0.1, -0.05) is 6.92 Å². The minimum atomic E-state index is -0.403. The number of aromatic nitrogens is 4. The molecule has 2 aromatic heterocycles. The number of hydrogen-bond donors (Lipinski definition) is 0. The third kappa shape index (κ3) is 2.31. The summed E-state index contributed by atoms with van der Waals surface area (Å²) in [6, 6.07) is 0. The molecule has 2 heterocycles. The molecule has 0 radical (unpaired) electrons. The molecule has 7 nitrogen and oxygen atoms in total. The normalized spacial score (nSPS) is 10.8. The maximum atomic E-state index is 12.2. The van der Waals surface area contributed by atoms with Gasteiger partial charge in [-0.2, -0.15) is 4.52 Å². The van der Waals surface area contributed by atoms with Gasteiger partial charge in [0.2, 0.25) is 5.95 Å². The molecule has 0 aromatic carbocycles. The molecule has 0 bridgehead atoms. The van der Waals surface area contributed by atoms with Crippen molar-refractivity contribution < 1.29 is 9.53 Å². The van der Waals surface area contributed by atoms with E-state index in [0.717, 1.165) is 0 Å². The molecule has 20 heavy (non-hydrogen) atoms. The van der Waals surface area contributed by atoms with Gasteiger partial charge in [-0.3, -0.25) is 0 Å². The molecule has 7 heteroatoms. The van der Waals surface area contributed by atoms with Gasteiger partial charge in [0.1, 0.15) is 11.4 Å². The highest BCUT2D eigenvalue weighted by Gasteiger charge is 2.23. The minimum absolute atomic E-state index is 0.316. The van der Waals surface area contributed by atoms with Crippen LogP contribution in [-0.2, 0) is 11.2 Å². The van der Waals surface area contributed by atoms with Crippen molar-refractivity contribution >= 4 is 17.6 Å². The molecule has 0 spiro atoms. The highest BCUT2D eigenvalue weighted by Crippen LogP contribution is 2.20. The largest absolute Gasteiger partial charge is 0.462 e. The molecule has 0 saturated carbocycles. The Hall–Kier alpha value is -2.18. The lowest BCUT2D eigenvalue weighted by molar-refractivity contribution is 0.0526. The first kappa shape index (κ1) is 14.2. The average Bonchev–Trinajstić information content (AvgIpc) is 2.77. The molecule has 0 aliphatic rings. The quantitative estimate of drug-likeness (QED) is 0.783. The summed E-state index contributed by atoms with van der Waals surface area (Å²) in [5, 5.41) is 4.31. The first-order chi connectivity index (χ1) is 9.49. The fraction of sp³-hybridized carbons (Fsp3) is 0.538. The summed E-state index contributed by atoms with van der Waals surface area (Å²) in [6.45, 7) is 5.82. The minimum Gasteiger partial charge on any atom is -0.462 e. The molecule has 2 aromatic rings. The van der Waals surface area contributed by atoms with Crippen LogP contribution >= 0.6 is 0 Å². The summed E-state index contributed by atoms with van der Waals surface area (Å²) in [5.41, 5.74) is 1.57. The van der Waals surface area contributed by atoms with Gasteiger partial charge in [0.15, 0.2) is 5.65 Å². The monoisotopic (exact) mass is 277 g/mol. The molecular formula is C13H19N5O2. The first-order valence-electron chi connectivity index (χ1n) is 6.60. The van der Waals surface area contributed by atoms with E-state index in [-0.39, 0.29) is 0 Å². The number of carbonyl (C=O) groups is 1. The number of fused-ring (bicyclic) bond motifs is 1. The predicted molar refractivity (Wildman–Crippen MR) is 75.2 cm³/mol. The lowest BCUT2D eigenvalue weighted by Crippen LogP contribution is -2.20. The van der Waals surface area contributed by atoms with E-state index in [9.17, 15) is 4.79 Å². The summed E-state index contributed by atoms with van der Waals surface area (Å²) in [6.07, 6.45) is 0.622. The van der Waals surface area contributed by atoms with Gasteiger partial charge in [0.25, 0.3) is 0 Å². The molecule has 108 valence electrons. The number of nitrogens with zero attached hydrogens (tertiary/aromatic N) is 5. The SMILES string of the molecule is CCOC(=O)c1c(CC)nc(N(C)C)n2nc(C)nc12. The topological polar surface area (TPSA) is 72.6 Å². The Labute approximate surface area is 117 Å². The second-order valence-electron chi connectivity index (χ2n) is 4.60. The van der Waals surface area contributed by atoms with Crippen LogP contribution in [0, 0.1) is 6.92 Å². The number of aryl methyl sites for hydroxylation is 2. The molecule has 0 aliphatic carbocycles. The summed E-state index contributed by atoms with van der Waals surface area (Å²) in [7, 11) is 3.75. The molecule has 0 unspecified atom stereocenters. The van der Waals surface area contributed by atoms with Crippen molar-refractivity contribution in [3.63, 3.8) is 0 Å². The number of carbonyl (C=O) groups excluding carboxylic acids is 1. The lowest BCUT2D eigenvalue weighted by Gasteiger charge is -2.15. The number of ether oxygens (including phenoxy) is 1. The number of hydrogen-bond acceptors (Lipinski definition) is 6. The van der Waals surface area contributed by atoms with Crippen LogP contribution in [0.4, 0.5) is 5.95 Å². The fourth-order valence-corrected chi connectivity index (χ4v) is 2.03. The molecule has 2 rings (SSSR count). The molecule has 0 N–H and O–H groups in total. The Balaban J connectivity index is 2.78. The maximum absolute atomic E-state index is 12.2. The summed E-state index contributed by atoms with van der Waals surface area (Å²) < 4.78 is 6.70. The van der Waals surface area contributed by atoms with Crippen molar-refractivity contribution in [3.05, 3.63) is 17.1 Å². The van der Waals surface area contributed by atoms with Gasteiger partial charge < -0.3 is 9.64 Å². The lowest BCUT2D eigenvalue weighted by atomic mass is 10.2. The fourth-order valence-electron chi connectivity index (χ4n) is 2.03. The van der Waals surface area contributed by atoms with Gasteiger partial charge in [-0.15, -0.1) is 5.10 Å². The van der Waals surface area contributed by atoms with Crippen molar-refractivity contribution in [2.24, 2.45) is 0 Å². The van der Waals surface area contributed by atoms with Crippen molar-refractivity contribution in [1.29, 1.82) is 0 Å². The highest BCUT2D eigenvalue weighted by molar-refractivity contribution is 5.97. The van der Waals surface area contributed by atoms with E-state index in [2.05, 4.69) is 15.1 Å². The van der Waals surface area contributed by atoms with Crippen LogP contribution < -0.4 is 4.90 Å². The van der Waals surface area contributed by atoms with Crippen molar-refractivity contribution in [2.45, 2.75) is 27.2 Å². The Morgan fingerprint density at radius 2 is 2.00 bits per heavy atom. The number of anilines is 1. The van der Waals surface area contributed by atoms with Crippen molar-refractivity contribution in [3.8, 4) is 0 Å². The second-order valence-corrected chi connectivity index (χ2v) is 4.60. The summed E-state index contributed by atoms with van der Waals surface area (Å²) >= 11 is 0. The predicted octanol–water partition coefficient (Wildman–Crippen LogP) is 1.24. The third-order valence-electron chi connectivity index (χ3n) is 2.86. The van der Waals surface area contributed by atoms with Crippen molar-refractivity contribution in [2.75, 3.05) is 25.6 Å². The van der Waals surface area contributed by atoms with Gasteiger partial charge in [0.05, 0.1) is 12.3 Å². The van der Waals surface area contributed by atoms with Crippen LogP contribution in [0.25, 0.3) is 5.65 Å². The Bertz CT molecular complexity index is 648. The van der Waals surface area contributed by atoms with Crippen molar-refractivity contribution in [1.82, 2.24) is 19.6 Å². The molecule has 0 amide bonds. The maximum Gasteiger partial charge on any atom is 0.343 e. The van der Waals surface area contributed by atoms with E-state index < -0.39 is 5.97 Å². The van der Waals surface area contributed by atoms with Crippen LogP contribution in [0.1, 0.15) is 35.7 Å². The zero-order chi connectivity index (χ0) is 14.9. The standard InChI is InChI=1S/C13H19N5O2/c1-6-9-10(12(19)20-7-2)11-14-8(3)16-18(11)13(15-9)17(4)5/h6-7H2,1-5H3. The molecule has 0 aliphatic heterocycles. The van der Waals surface area contributed by atoms with Crippen LogP contribution in [0.3, 0.4) is 0 Å². The van der Waals surface area contributed by atoms with Crippen LogP contribution in [0.5, 0.6) is 0 Å². The Morgan fingerprint density at radius 1 is 1.30 bits per heavy atom. The number of rotatable bonds is 4. The Kier molecular flexibility index (Phi) is 3.87. The van der Waals surface area contributed by atoms with Gasteiger partial charge in [-0.25, -0.2) is 14.8 Å². The highest BCUT2D eigenvalue weighted by atomic mass is 16.5. The third-order valence-corrected chi connectivity index (χ3v) is 2.86. The zero-order valence-corrected chi connectivity index (χ0v) is 12.5. The molecular weight excluding hydrogens is 258 g/mol. The van der Waals surface area contributed by atoms with Gasteiger partial charge in [-0.05, 0) is 20.3 Å². The summed E-state index contributed by atoms with van der Waals surface area (Å²) in [4.78, 5) is 22.9. The smallest absolute Gasteiger partial charge is 0.343 e. The van der Waals surface area contributed by atoms with E-state index in [1.807, 2.05) is 25.9 Å². The second kappa shape index (κ2) is 5.44. The molecule has 0 fully saturated rings. The van der Waals surface area contributed by atoms with Crippen LogP contribution in [0.2, 0.25) is 0 Å². The molecule has 0 saturated heterocycles. The Morgan fingerprint density at radius 3 is 2.55 bits per heavy atom.